The van der Waals surface area contributed by atoms with Crippen LogP contribution in [-0.4, -0.2) is 30.5 Å². The summed E-state index contributed by atoms with van der Waals surface area (Å²) in [4.78, 5) is 7.80. The first-order valence-electron chi connectivity index (χ1n) is 8.88. The molecule has 0 saturated heterocycles. The van der Waals surface area contributed by atoms with Crippen LogP contribution in [0, 0.1) is 18.3 Å². The van der Waals surface area contributed by atoms with E-state index in [1.807, 2.05) is 31.2 Å². The predicted molar refractivity (Wildman–Crippen MR) is 104 cm³/mol. The van der Waals surface area contributed by atoms with Crippen molar-refractivity contribution in [1.29, 1.82) is 5.26 Å². The molecule has 0 unspecified atom stereocenters. The van der Waals surface area contributed by atoms with E-state index in [0.29, 0.717) is 5.69 Å². The number of benzene rings is 1. The smallest absolute Gasteiger partial charge is 0.280 e. The van der Waals surface area contributed by atoms with E-state index in [1.54, 1.807) is 24.0 Å². The zero-order valence-corrected chi connectivity index (χ0v) is 16.0. The van der Waals surface area contributed by atoms with Crippen LogP contribution in [0.5, 0.6) is 0 Å². The van der Waals surface area contributed by atoms with Crippen LogP contribution in [0.1, 0.15) is 31.0 Å². The van der Waals surface area contributed by atoms with Crippen molar-refractivity contribution in [3.63, 3.8) is 0 Å². The highest BCUT2D eigenvalue weighted by Gasteiger charge is 2.21. The molecule has 0 spiro atoms. The average molecular weight is 398 g/mol. The number of alkyl halides is 2. The van der Waals surface area contributed by atoms with Gasteiger partial charge in [0.05, 0.1) is 30.8 Å². The Kier molecular flexibility index (Phi) is 5.84. The zero-order valence-electron chi connectivity index (χ0n) is 16.0. The predicted octanol–water partition coefficient (Wildman–Crippen LogP) is 3.99. The van der Waals surface area contributed by atoms with Gasteiger partial charge in [0.1, 0.15) is 5.69 Å². The van der Waals surface area contributed by atoms with E-state index in [4.69, 9.17) is 5.26 Å². The Morgan fingerprint density at radius 1 is 1.31 bits per heavy atom. The molecular weight excluding hydrogens is 378 g/mol. The highest BCUT2D eigenvalue weighted by Crippen LogP contribution is 2.27. The second-order valence-electron chi connectivity index (χ2n) is 7.08. The number of hydrogen-bond donors (Lipinski definition) is 2. The maximum atomic E-state index is 12.8. The molecule has 3 aromatic rings. The first-order valence-corrected chi connectivity index (χ1v) is 8.88. The maximum Gasteiger partial charge on any atom is 0.280 e. The minimum absolute atomic E-state index is 0.00160. The Hall–Kier alpha value is -3.38. The van der Waals surface area contributed by atoms with Crippen molar-refractivity contribution in [3.05, 3.63) is 54.1 Å². The van der Waals surface area contributed by atoms with Gasteiger partial charge in [-0.2, -0.15) is 10.4 Å². The largest absolute Gasteiger partial charge is 0.387 e. The first-order chi connectivity index (χ1) is 13.8. The fourth-order valence-electron chi connectivity index (χ4n) is 2.88. The molecule has 0 fully saturated rings. The van der Waals surface area contributed by atoms with Crippen LogP contribution >= 0.6 is 0 Å². The number of aryl methyl sites for hydroxylation is 1. The lowest BCUT2D eigenvalue weighted by Gasteiger charge is -2.19. The highest BCUT2D eigenvalue weighted by molar-refractivity contribution is 5.70. The molecule has 2 N–H and O–H groups in total. The van der Waals surface area contributed by atoms with E-state index in [-0.39, 0.29) is 24.6 Å². The standard InChI is InChI=1S/C20H20F2N6O/c1-13-7-14(15-10-25-28(11-15)12-20(2,29)4-5-23)9-16(8-13)26-19-24-6-3-17(27-19)18(21)22/h3,6-11,18,29H,4,12H2,1-2H3,(H,24,26,27)/t20-/m0/s1. The number of nitrogens with one attached hydrogen (secondary N) is 1. The van der Waals surface area contributed by atoms with Gasteiger partial charge in [0.25, 0.3) is 6.43 Å². The molecule has 0 radical (unpaired) electrons. The number of hydrogen-bond acceptors (Lipinski definition) is 6. The van der Waals surface area contributed by atoms with Gasteiger partial charge in [0, 0.05) is 23.6 Å². The minimum Gasteiger partial charge on any atom is -0.387 e. The van der Waals surface area contributed by atoms with Crippen molar-refractivity contribution in [2.45, 2.75) is 38.8 Å². The van der Waals surface area contributed by atoms with Gasteiger partial charge in [-0.1, -0.05) is 6.07 Å². The summed E-state index contributed by atoms with van der Waals surface area (Å²) in [6.07, 6.45) is 2.05. The van der Waals surface area contributed by atoms with Crippen molar-refractivity contribution in [2.75, 3.05) is 5.32 Å². The summed E-state index contributed by atoms with van der Waals surface area (Å²) in [5.41, 5.74) is 1.73. The summed E-state index contributed by atoms with van der Waals surface area (Å²) in [5, 5.41) is 26.2. The lowest BCUT2D eigenvalue weighted by Crippen LogP contribution is -2.30. The van der Waals surface area contributed by atoms with E-state index in [1.165, 1.54) is 12.3 Å². The van der Waals surface area contributed by atoms with E-state index < -0.39 is 12.0 Å². The fraction of sp³-hybridized carbons (Fsp3) is 0.300. The Morgan fingerprint density at radius 3 is 2.83 bits per heavy atom. The molecule has 29 heavy (non-hydrogen) atoms. The average Bonchev–Trinajstić information content (AvgIpc) is 3.09. The van der Waals surface area contributed by atoms with Crippen molar-refractivity contribution in [2.24, 2.45) is 0 Å². The summed E-state index contributed by atoms with van der Waals surface area (Å²) in [6, 6.07) is 8.77. The molecule has 150 valence electrons. The molecule has 0 aliphatic rings. The summed E-state index contributed by atoms with van der Waals surface area (Å²) in [7, 11) is 0. The fourth-order valence-corrected chi connectivity index (χ4v) is 2.88. The van der Waals surface area contributed by atoms with Gasteiger partial charge >= 0.3 is 0 Å². The molecule has 0 saturated carbocycles. The molecule has 2 heterocycles. The molecule has 0 amide bonds. The molecule has 9 heteroatoms. The molecule has 0 aliphatic carbocycles. The van der Waals surface area contributed by atoms with Gasteiger partial charge in [-0.15, -0.1) is 0 Å². The van der Waals surface area contributed by atoms with Crippen molar-refractivity contribution >= 4 is 11.6 Å². The summed E-state index contributed by atoms with van der Waals surface area (Å²) >= 11 is 0. The van der Waals surface area contributed by atoms with Gasteiger partial charge in [-0.05, 0) is 43.2 Å². The van der Waals surface area contributed by atoms with Gasteiger partial charge in [0.15, 0.2) is 0 Å². The summed E-state index contributed by atoms with van der Waals surface area (Å²) in [5.74, 6) is 0.0857. The SMILES string of the molecule is Cc1cc(Nc2nccc(C(F)F)n2)cc(-c2cnn(C[C@@](C)(O)CC#N)c2)c1. The lowest BCUT2D eigenvalue weighted by molar-refractivity contribution is 0.0430. The van der Waals surface area contributed by atoms with Crippen LogP contribution in [0.4, 0.5) is 20.4 Å². The Bertz CT molecular complexity index is 1040. The third-order valence-electron chi connectivity index (χ3n) is 4.16. The molecule has 0 aliphatic heterocycles. The first kappa shape index (κ1) is 20.4. The van der Waals surface area contributed by atoms with Crippen molar-refractivity contribution < 1.29 is 13.9 Å². The Morgan fingerprint density at radius 2 is 2.10 bits per heavy atom. The van der Waals surface area contributed by atoms with E-state index in [2.05, 4.69) is 20.4 Å². The van der Waals surface area contributed by atoms with Crippen LogP contribution in [0.2, 0.25) is 0 Å². The monoisotopic (exact) mass is 398 g/mol. The van der Waals surface area contributed by atoms with Crippen LogP contribution in [0.3, 0.4) is 0 Å². The van der Waals surface area contributed by atoms with E-state index in [0.717, 1.165) is 16.7 Å². The molecule has 1 atom stereocenters. The number of anilines is 2. The number of rotatable bonds is 7. The minimum atomic E-state index is -2.67. The summed E-state index contributed by atoms with van der Waals surface area (Å²) in [6.45, 7) is 3.68. The molecular formula is C20H20F2N6O. The molecule has 7 nitrogen and oxygen atoms in total. The van der Waals surface area contributed by atoms with Gasteiger partial charge in [-0.3, -0.25) is 4.68 Å². The number of halogens is 2. The van der Waals surface area contributed by atoms with Crippen LogP contribution in [0.15, 0.2) is 42.9 Å². The summed E-state index contributed by atoms with van der Waals surface area (Å²) < 4.78 is 27.3. The molecule has 1 aromatic carbocycles. The number of nitrogens with zero attached hydrogens (tertiary/aromatic N) is 5. The topological polar surface area (TPSA) is 99.7 Å². The highest BCUT2D eigenvalue weighted by atomic mass is 19.3. The number of nitriles is 1. The Balaban J connectivity index is 1.83. The van der Waals surface area contributed by atoms with Crippen LogP contribution in [-0.2, 0) is 6.54 Å². The zero-order chi connectivity index (χ0) is 21.0. The maximum absolute atomic E-state index is 12.8. The Labute approximate surface area is 166 Å². The van der Waals surface area contributed by atoms with Gasteiger partial charge in [-0.25, -0.2) is 18.7 Å². The number of aromatic nitrogens is 4. The van der Waals surface area contributed by atoms with Gasteiger partial charge in [0.2, 0.25) is 5.95 Å². The van der Waals surface area contributed by atoms with Crippen molar-refractivity contribution in [3.8, 4) is 17.2 Å². The normalized spacial score (nSPS) is 13.1. The second kappa shape index (κ2) is 8.32. The lowest BCUT2D eigenvalue weighted by atomic mass is 10.0. The molecule has 0 bridgehead atoms. The number of aliphatic hydroxyl groups is 1. The van der Waals surface area contributed by atoms with Crippen LogP contribution < -0.4 is 5.32 Å². The second-order valence-corrected chi connectivity index (χ2v) is 7.08. The van der Waals surface area contributed by atoms with Crippen LogP contribution in [0.25, 0.3) is 11.1 Å². The van der Waals surface area contributed by atoms with E-state index in [9.17, 15) is 13.9 Å². The van der Waals surface area contributed by atoms with Gasteiger partial charge < -0.3 is 10.4 Å². The van der Waals surface area contributed by atoms with E-state index >= 15 is 0 Å². The van der Waals surface area contributed by atoms with Crippen molar-refractivity contribution in [1.82, 2.24) is 19.7 Å². The third-order valence-corrected chi connectivity index (χ3v) is 4.16. The molecule has 3 rings (SSSR count). The quantitative estimate of drug-likeness (QED) is 0.624. The third kappa shape index (κ3) is 5.33. The molecule has 2 aromatic heterocycles.